The van der Waals surface area contributed by atoms with E-state index in [-0.39, 0.29) is 16.7 Å². The number of benzene rings is 2. The highest BCUT2D eigenvalue weighted by atomic mass is 32.2. The Bertz CT molecular complexity index is 983. The van der Waals surface area contributed by atoms with Crippen LogP contribution in [-0.2, 0) is 11.2 Å². The number of carbonyl (C=O) groups excluding carboxylic acids is 1. The van der Waals surface area contributed by atoms with Gasteiger partial charge in [-0.1, -0.05) is 42.1 Å². The van der Waals surface area contributed by atoms with Crippen molar-refractivity contribution >= 4 is 34.3 Å². The molecule has 120 valence electrons. The average Bonchev–Trinajstić information content (AvgIpc) is 2.74. The summed E-state index contributed by atoms with van der Waals surface area (Å²) in [5, 5.41) is 3.71. The third-order valence-electron chi connectivity index (χ3n) is 4.09. The van der Waals surface area contributed by atoms with Gasteiger partial charge in [0.15, 0.2) is 5.16 Å². The summed E-state index contributed by atoms with van der Waals surface area (Å²) in [6, 6.07) is 15.0. The monoisotopic (exact) mass is 337 g/mol. The summed E-state index contributed by atoms with van der Waals surface area (Å²) in [4.78, 5) is 31.9. The number of H-pyrrole nitrogens is 1. The van der Waals surface area contributed by atoms with Crippen molar-refractivity contribution in [3.05, 3.63) is 64.4 Å². The molecular formula is C18H15N3O2S. The van der Waals surface area contributed by atoms with Crippen molar-refractivity contribution in [1.29, 1.82) is 0 Å². The Hall–Kier alpha value is -2.60. The number of nitrogens with zero attached hydrogens (tertiary/aromatic N) is 1. The number of aryl methyl sites for hydroxylation is 1. The van der Waals surface area contributed by atoms with E-state index in [1.165, 1.54) is 11.8 Å². The highest BCUT2D eigenvalue weighted by Crippen LogP contribution is 2.30. The first-order valence-electron chi connectivity index (χ1n) is 7.75. The number of aromatic nitrogens is 2. The van der Waals surface area contributed by atoms with Gasteiger partial charge >= 0.3 is 0 Å². The van der Waals surface area contributed by atoms with Gasteiger partial charge in [0.1, 0.15) is 0 Å². The van der Waals surface area contributed by atoms with Crippen LogP contribution >= 0.6 is 11.8 Å². The number of aromatic amines is 1. The van der Waals surface area contributed by atoms with Gasteiger partial charge in [0, 0.05) is 5.69 Å². The predicted molar refractivity (Wildman–Crippen MR) is 95.4 cm³/mol. The molecule has 0 saturated heterocycles. The van der Waals surface area contributed by atoms with Crippen molar-refractivity contribution in [3.8, 4) is 0 Å². The summed E-state index contributed by atoms with van der Waals surface area (Å²) in [5.74, 6) is -0.0549. The van der Waals surface area contributed by atoms with Gasteiger partial charge in [-0.15, -0.1) is 0 Å². The SMILES string of the molecule is O=C1Nc2ccccc2CC[C@@H]1Sc1nc2ccccc2c(=O)[nH]1. The van der Waals surface area contributed by atoms with Gasteiger partial charge in [0.05, 0.1) is 16.2 Å². The molecule has 2 N–H and O–H groups in total. The minimum atomic E-state index is -0.290. The van der Waals surface area contributed by atoms with Gasteiger partial charge in [0.2, 0.25) is 5.91 Å². The van der Waals surface area contributed by atoms with Crippen LogP contribution in [0.2, 0.25) is 0 Å². The normalized spacial score (nSPS) is 17.2. The third-order valence-corrected chi connectivity index (χ3v) is 5.24. The van der Waals surface area contributed by atoms with Crippen LogP contribution in [0.1, 0.15) is 12.0 Å². The number of carbonyl (C=O) groups is 1. The molecule has 1 aromatic heterocycles. The number of para-hydroxylation sites is 2. The Morgan fingerprint density at radius 3 is 2.75 bits per heavy atom. The van der Waals surface area contributed by atoms with Crippen LogP contribution in [0.25, 0.3) is 10.9 Å². The van der Waals surface area contributed by atoms with E-state index in [0.29, 0.717) is 22.5 Å². The van der Waals surface area contributed by atoms with Crippen molar-refractivity contribution in [2.75, 3.05) is 5.32 Å². The molecule has 0 unspecified atom stereocenters. The number of fused-ring (bicyclic) bond motifs is 2. The Balaban J connectivity index is 1.62. The second-order valence-corrected chi connectivity index (χ2v) is 6.87. The molecule has 0 bridgehead atoms. The minimum Gasteiger partial charge on any atom is -0.325 e. The third kappa shape index (κ3) is 2.80. The second kappa shape index (κ2) is 6.13. The smallest absolute Gasteiger partial charge is 0.259 e. The minimum absolute atomic E-state index is 0.0549. The van der Waals surface area contributed by atoms with Crippen LogP contribution in [-0.4, -0.2) is 21.1 Å². The molecule has 24 heavy (non-hydrogen) atoms. The quantitative estimate of drug-likeness (QED) is 0.705. The van der Waals surface area contributed by atoms with Crippen molar-refractivity contribution in [2.24, 2.45) is 0 Å². The second-order valence-electron chi connectivity index (χ2n) is 5.68. The Labute approximate surface area is 142 Å². The molecule has 4 rings (SSSR count). The summed E-state index contributed by atoms with van der Waals surface area (Å²) in [5.41, 5.74) is 2.46. The standard InChI is InChI=1S/C18H15N3O2S/c22-16-12-6-2-4-8-14(12)20-18(21-16)24-15-10-9-11-5-1-3-7-13(11)19-17(15)23/h1-8,15H,9-10H2,(H,19,23)(H,20,21,22)/t15-/m0/s1. The number of hydrogen-bond acceptors (Lipinski definition) is 4. The molecule has 0 fully saturated rings. The van der Waals surface area contributed by atoms with Gasteiger partial charge in [0.25, 0.3) is 5.56 Å². The lowest BCUT2D eigenvalue weighted by Gasteiger charge is -2.12. The molecule has 5 nitrogen and oxygen atoms in total. The van der Waals surface area contributed by atoms with Crippen molar-refractivity contribution in [3.63, 3.8) is 0 Å². The lowest BCUT2D eigenvalue weighted by Crippen LogP contribution is -2.24. The number of anilines is 1. The Kier molecular flexibility index (Phi) is 3.82. The summed E-state index contributed by atoms with van der Waals surface area (Å²) in [6.07, 6.45) is 1.51. The molecule has 6 heteroatoms. The fraction of sp³-hybridized carbons (Fsp3) is 0.167. The van der Waals surface area contributed by atoms with Crippen molar-refractivity contribution in [1.82, 2.24) is 9.97 Å². The highest BCUT2D eigenvalue weighted by molar-refractivity contribution is 8.00. The number of amides is 1. The zero-order chi connectivity index (χ0) is 16.5. The molecule has 1 amide bonds. The Morgan fingerprint density at radius 1 is 1.04 bits per heavy atom. The Morgan fingerprint density at radius 2 is 1.83 bits per heavy atom. The molecule has 0 aliphatic carbocycles. The molecule has 1 atom stereocenters. The first kappa shape index (κ1) is 15.0. The molecule has 1 aliphatic rings. The topological polar surface area (TPSA) is 74.8 Å². The van der Waals surface area contributed by atoms with E-state index < -0.39 is 0 Å². The number of nitrogens with one attached hydrogen (secondary N) is 2. The van der Waals surface area contributed by atoms with Gasteiger partial charge in [-0.2, -0.15) is 0 Å². The van der Waals surface area contributed by atoms with Crippen LogP contribution < -0.4 is 10.9 Å². The van der Waals surface area contributed by atoms with E-state index in [1.54, 1.807) is 12.1 Å². The summed E-state index contributed by atoms with van der Waals surface area (Å²) < 4.78 is 0. The van der Waals surface area contributed by atoms with Crippen LogP contribution in [0.15, 0.2) is 58.5 Å². The molecule has 0 spiro atoms. The zero-order valence-corrected chi connectivity index (χ0v) is 13.6. The highest BCUT2D eigenvalue weighted by Gasteiger charge is 2.25. The van der Waals surface area contributed by atoms with Crippen molar-refractivity contribution < 1.29 is 4.79 Å². The summed E-state index contributed by atoms with van der Waals surface area (Å²) in [7, 11) is 0. The average molecular weight is 337 g/mol. The molecule has 2 aromatic carbocycles. The lowest BCUT2D eigenvalue weighted by atomic mass is 10.1. The van der Waals surface area contributed by atoms with Crippen molar-refractivity contribution in [2.45, 2.75) is 23.2 Å². The summed E-state index contributed by atoms with van der Waals surface area (Å²) in [6.45, 7) is 0. The van der Waals surface area contributed by atoms with Crippen LogP contribution in [0.4, 0.5) is 5.69 Å². The molecule has 1 aliphatic heterocycles. The van der Waals surface area contributed by atoms with Gasteiger partial charge in [-0.3, -0.25) is 9.59 Å². The largest absolute Gasteiger partial charge is 0.325 e. The first-order valence-corrected chi connectivity index (χ1v) is 8.63. The fourth-order valence-electron chi connectivity index (χ4n) is 2.86. The molecular weight excluding hydrogens is 322 g/mol. The number of rotatable bonds is 2. The number of thioether (sulfide) groups is 1. The predicted octanol–water partition coefficient (Wildman–Crippen LogP) is 2.97. The van der Waals surface area contributed by atoms with Crippen LogP contribution in [0, 0.1) is 0 Å². The molecule has 3 aromatic rings. The molecule has 2 heterocycles. The van der Waals surface area contributed by atoms with Crippen LogP contribution in [0.5, 0.6) is 0 Å². The summed E-state index contributed by atoms with van der Waals surface area (Å²) >= 11 is 1.31. The van der Waals surface area contributed by atoms with Gasteiger partial charge in [-0.05, 0) is 36.6 Å². The van der Waals surface area contributed by atoms with Crippen LogP contribution in [0.3, 0.4) is 0 Å². The van der Waals surface area contributed by atoms with Gasteiger partial charge in [-0.25, -0.2) is 4.98 Å². The van der Waals surface area contributed by atoms with Gasteiger partial charge < -0.3 is 10.3 Å². The maximum Gasteiger partial charge on any atom is 0.259 e. The number of hydrogen-bond donors (Lipinski definition) is 2. The van der Waals surface area contributed by atoms with E-state index in [9.17, 15) is 9.59 Å². The van der Waals surface area contributed by atoms with E-state index >= 15 is 0 Å². The zero-order valence-electron chi connectivity index (χ0n) is 12.8. The fourth-order valence-corrected chi connectivity index (χ4v) is 3.83. The maximum atomic E-state index is 12.5. The molecule has 0 radical (unpaired) electrons. The maximum absolute atomic E-state index is 12.5. The van der Waals surface area contributed by atoms with E-state index in [1.807, 2.05) is 36.4 Å². The van der Waals surface area contributed by atoms with E-state index in [0.717, 1.165) is 17.7 Å². The van der Waals surface area contributed by atoms with E-state index in [4.69, 9.17) is 0 Å². The van der Waals surface area contributed by atoms with E-state index in [2.05, 4.69) is 15.3 Å². The molecule has 0 saturated carbocycles. The first-order chi connectivity index (χ1) is 11.7. The lowest BCUT2D eigenvalue weighted by molar-refractivity contribution is -0.115.